The lowest BCUT2D eigenvalue weighted by Gasteiger charge is -1.81. The van der Waals surface area contributed by atoms with Crippen molar-refractivity contribution in [1.29, 1.82) is 0 Å². The molecular formula is C5H6ClNS. The van der Waals surface area contributed by atoms with Gasteiger partial charge in [0.15, 0.2) is 0 Å². The summed E-state index contributed by atoms with van der Waals surface area (Å²) in [7, 11) is 0. The van der Waals surface area contributed by atoms with Crippen LogP contribution in [0.15, 0.2) is 29.4 Å². The Morgan fingerprint density at radius 1 is 1.38 bits per heavy atom. The van der Waals surface area contributed by atoms with Gasteiger partial charge in [-0.1, -0.05) is 6.07 Å². The summed E-state index contributed by atoms with van der Waals surface area (Å²) >= 11 is 3.97. The lowest BCUT2D eigenvalue weighted by atomic mass is 10.5. The minimum absolute atomic E-state index is 0. The molecule has 1 rings (SSSR count). The number of pyridine rings is 1. The van der Waals surface area contributed by atoms with Crippen LogP contribution in [0.1, 0.15) is 0 Å². The number of aromatic nitrogens is 1. The molecule has 0 saturated heterocycles. The van der Waals surface area contributed by atoms with Crippen LogP contribution in [-0.2, 0) is 0 Å². The molecule has 0 N–H and O–H groups in total. The number of nitrogens with zero attached hydrogens (tertiary/aromatic N) is 1. The summed E-state index contributed by atoms with van der Waals surface area (Å²) in [6.45, 7) is 0. The first-order valence-corrected chi connectivity index (χ1v) is 2.44. The van der Waals surface area contributed by atoms with Crippen molar-refractivity contribution in [2.45, 2.75) is 5.03 Å². The van der Waals surface area contributed by atoms with Crippen molar-refractivity contribution in [1.82, 2.24) is 4.98 Å². The Hall–Kier alpha value is -0.210. The van der Waals surface area contributed by atoms with Crippen molar-refractivity contribution in [3.05, 3.63) is 24.4 Å². The number of halogens is 1. The van der Waals surface area contributed by atoms with E-state index in [1.165, 1.54) is 0 Å². The predicted molar refractivity (Wildman–Crippen MR) is 38.7 cm³/mol. The van der Waals surface area contributed by atoms with Gasteiger partial charge in [-0.15, -0.1) is 25.0 Å². The predicted octanol–water partition coefficient (Wildman–Crippen LogP) is 1.79. The molecule has 0 aliphatic heterocycles. The topological polar surface area (TPSA) is 12.9 Å². The molecule has 44 valence electrons. The number of rotatable bonds is 0. The maximum absolute atomic E-state index is 3.97. The van der Waals surface area contributed by atoms with Crippen molar-refractivity contribution in [3.63, 3.8) is 0 Å². The van der Waals surface area contributed by atoms with Crippen molar-refractivity contribution < 1.29 is 0 Å². The van der Waals surface area contributed by atoms with Crippen LogP contribution in [0.25, 0.3) is 0 Å². The van der Waals surface area contributed by atoms with Crippen LogP contribution in [0.2, 0.25) is 0 Å². The molecule has 0 atom stereocenters. The molecule has 1 aromatic heterocycles. The van der Waals surface area contributed by atoms with Gasteiger partial charge >= 0.3 is 0 Å². The lowest BCUT2D eigenvalue weighted by molar-refractivity contribution is 1.14. The van der Waals surface area contributed by atoms with Crippen molar-refractivity contribution in [2.24, 2.45) is 0 Å². The second kappa shape index (κ2) is 3.75. The summed E-state index contributed by atoms with van der Waals surface area (Å²) < 4.78 is 0. The minimum atomic E-state index is 0. The van der Waals surface area contributed by atoms with Gasteiger partial charge in [-0.25, -0.2) is 0 Å². The van der Waals surface area contributed by atoms with Gasteiger partial charge in [-0.2, -0.15) is 0 Å². The van der Waals surface area contributed by atoms with Gasteiger partial charge in [0.05, 0.1) is 5.03 Å². The molecular weight excluding hydrogens is 142 g/mol. The van der Waals surface area contributed by atoms with Crippen LogP contribution in [-0.4, -0.2) is 4.98 Å². The molecule has 1 aromatic rings. The molecule has 0 amide bonds. The molecule has 0 aliphatic rings. The number of hydrogen-bond donors (Lipinski definition) is 1. The second-order valence-corrected chi connectivity index (χ2v) is 1.65. The smallest absolute Gasteiger partial charge is 0.0929 e. The van der Waals surface area contributed by atoms with Crippen LogP contribution in [0.3, 0.4) is 0 Å². The van der Waals surface area contributed by atoms with E-state index in [1.807, 2.05) is 18.2 Å². The standard InChI is InChI=1S/C5H5NS.ClH/c7-5-3-1-2-4-6-5;/h1-4H,(H,6,7);1H. The van der Waals surface area contributed by atoms with E-state index in [0.717, 1.165) is 5.03 Å². The summed E-state index contributed by atoms with van der Waals surface area (Å²) in [4.78, 5) is 3.84. The summed E-state index contributed by atoms with van der Waals surface area (Å²) in [5.41, 5.74) is 0. The fourth-order valence-corrected chi connectivity index (χ4v) is 0.506. The normalized spacial score (nSPS) is 7.62. The first-order valence-electron chi connectivity index (χ1n) is 1.99. The third-order valence-corrected chi connectivity index (χ3v) is 0.914. The molecule has 0 fully saturated rings. The van der Waals surface area contributed by atoms with Crippen molar-refractivity contribution in [2.75, 3.05) is 0 Å². The Bertz CT molecular complexity index is 142. The highest BCUT2D eigenvalue weighted by atomic mass is 35.5. The van der Waals surface area contributed by atoms with Crippen LogP contribution < -0.4 is 0 Å². The minimum Gasteiger partial charge on any atom is -0.250 e. The third-order valence-electron chi connectivity index (χ3n) is 0.649. The van der Waals surface area contributed by atoms with Crippen molar-refractivity contribution in [3.8, 4) is 0 Å². The van der Waals surface area contributed by atoms with Gasteiger partial charge in [0, 0.05) is 6.20 Å². The quantitative estimate of drug-likeness (QED) is 0.553. The SMILES string of the molecule is Cl.Sc1ccccn1. The Kier molecular flexibility index (Phi) is 3.65. The molecule has 0 unspecified atom stereocenters. The lowest BCUT2D eigenvalue weighted by Crippen LogP contribution is -1.67. The zero-order chi connectivity index (χ0) is 5.11. The molecule has 1 heterocycles. The molecule has 0 saturated carbocycles. The summed E-state index contributed by atoms with van der Waals surface area (Å²) in [5, 5.41) is 0.766. The van der Waals surface area contributed by atoms with Crippen LogP contribution in [0.5, 0.6) is 0 Å². The molecule has 1 nitrogen and oxygen atoms in total. The fraction of sp³-hybridized carbons (Fsp3) is 0. The summed E-state index contributed by atoms with van der Waals surface area (Å²) in [5.74, 6) is 0. The Morgan fingerprint density at radius 3 is 2.38 bits per heavy atom. The van der Waals surface area contributed by atoms with E-state index >= 15 is 0 Å². The maximum atomic E-state index is 3.97. The average molecular weight is 148 g/mol. The van der Waals surface area contributed by atoms with Crippen LogP contribution in [0.4, 0.5) is 0 Å². The third kappa shape index (κ3) is 2.19. The largest absolute Gasteiger partial charge is 0.250 e. The molecule has 0 spiro atoms. The number of hydrogen-bond acceptors (Lipinski definition) is 2. The summed E-state index contributed by atoms with van der Waals surface area (Å²) in [6.07, 6.45) is 1.71. The highest BCUT2D eigenvalue weighted by Gasteiger charge is 1.74. The van der Waals surface area contributed by atoms with Gasteiger partial charge in [0.25, 0.3) is 0 Å². The first kappa shape index (κ1) is 7.79. The zero-order valence-corrected chi connectivity index (χ0v) is 5.82. The Balaban J connectivity index is 0.000000490. The number of thiol groups is 1. The molecule has 0 aliphatic carbocycles. The highest BCUT2D eigenvalue weighted by Crippen LogP contribution is 1.95. The maximum Gasteiger partial charge on any atom is 0.0929 e. The molecule has 0 aromatic carbocycles. The van der Waals surface area contributed by atoms with E-state index in [-0.39, 0.29) is 12.4 Å². The van der Waals surface area contributed by atoms with Gasteiger partial charge in [-0.05, 0) is 12.1 Å². The molecule has 0 bridgehead atoms. The van der Waals surface area contributed by atoms with E-state index in [4.69, 9.17) is 0 Å². The fourth-order valence-electron chi connectivity index (χ4n) is 0.354. The zero-order valence-electron chi connectivity index (χ0n) is 4.11. The summed E-state index contributed by atoms with van der Waals surface area (Å²) in [6, 6.07) is 5.60. The molecule has 8 heavy (non-hydrogen) atoms. The van der Waals surface area contributed by atoms with Gasteiger partial charge in [0.2, 0.25) is 0 Å². The second-order valence-electron chi connectivity index (χ2n) is 1.19. The monoisotopic (exact) mass is 147 g/mol. The highest BCUT2D eigenvalue weighted by molar-refractivity contribution is 7.80. The Morgan fingerprint density at radius 2 is 2.12 bits per heavy atom. The average Bonchev–Trinajstić information content (AvgIpc) is 1.69. The molecule has 0 radical (unpaired) electrons. The Labute approximate surface area is 60.0 Å². The van der Waals surface area contributed by atoms with E-state index in [0.29, 0.717) is 0 Å². The van der Waals surface area contributed by atoms with Crippen LogP contribution in [0, 0.1) is 0 Å². The van der Waals surface area contributed by atoms with Gasteiger partial charge in [-0.3, -0.25) is 4.98 Å². The van der Waals surface area contributed by atoms with E-state index in [9.17, 15) is 0 Å². The van der Waals surface area contributed by atoms with Gasteiger partial charge < -0.3 is 0 Å². The van der Waals surface area contributed by atoms with E-state index in [2.05, 4.69) is 17.6 Å². The van der Waals surface area contributed by atoms with Crippen LogP contribution >= 0.6 is 25.0 Å². The van der Waals surface area contributed by atoms with Gasteiger partial charge in [0.1, 0.15) is 0 Å². The first-order chi connectivity index (χ1) is 3.39. The van der Waals surface area contributed by atoms with Crippen molar-refractivity contribution >= 4 is 25.0 Å². The molecule has 3 heteroatoms. The van der Waals surface area contributed by atoms with E-state index < -0.39 is 0 Å². The van der Waals surface area contributed by atoms with E-state index in [1.54, 1.807) is 6.20 Å².